The minimum Gasteiger partial charge on any atom is -0.300 e. The van der Waals surface area contributed by atoms with E-state index in [0.717, 1.165) is 25.2 Å². The molecular formula is C12H20O. The molecule has 0 heterocycles. The fourth-order valence-corrected chi connectivity index (χ4v) is 3.43. The van der Waals surface area contributed by atoms with E-state index in [1.807, 2.05) is 0 Å². The van der Waals surface area contributed by atoms with Crippen LogP contribution >= 0.6 is 0 Å². The summed E-state index contributed by atoms with van der Waals surface area (Å²) < 4.78 is 0. The highest BCUT2D eigenvalue weighted by atomic mass is 16.1. The van der Waals surface area contributed by atoms with Crippen molar-refractivity contribution >= 4 is 5.78 Å². The van der Waals surface area contributed by atoms with Crippen molar-refractivity contribution in [3.8, 4) is 0 Å². The molecule has 74 valence electrons. The number of rotatable bonds is 0. The van der Waals surface area contributed by atoms with Crippen LogP contribution in [0.25, 0.3) is 0 Å². The Balaban J connectivity index is 2.17. The standard InChI is InChI=1S/C12H20O/c1-9-4-3-6-12(2)7-5-10(13)8-11(9)12/h9,11H,3-8H2,1-2H3/t9-,11+,12-/m1/s1. The molecule has 0 amide bonds. The highest BCUT2D eigenvalue weighted by Gasteiger charge is 2.43. The largest absolute Gasteiger partial charge is 0.300 e. The Morgan fingerprint density at radius 3 is 2.92 bits per heavy atom. The van der Waals surface area contributed by atoms with Crippen molar-refractivity contribution in [1.82, 2.24) is 0 Å². The zero-order valence-corrected chi connectivity index (χ0v) is 8.81. The molecule has 2 fully saturated rings. The van der Waals surface area contributed by atoms with E-state index >= 15 is 0 Å². The lowest BCUT2D eigenvalue weighted by Gasteiger charge is -2.48. The van der Waals surface area contributed by atoms with Gasteiger partial charge in [-0.1, -0.05) is 26.7 Å². The first-order valence-corrected chi connectivity index (χ1v) is 5.63. The second-order valence-electron chi connectivity index (χ2n) is 5.37. The predicted molar refractivity (Wildman–Crippen MR) is 53.5 cm³/mol. The molecule has 13 heavy (non-hydrogen) atoms. The van der Waals surface area contributed by atoms with Crippen LogP contribution in [0.2, 0.25) is 0 Å². The van der Waals surface area contributed by atoms with Gasteiger partial charge in [-0.05, 0) is 30.1 Å². The number of ketones is 1. The minimum atomic E-state index is 0.506. The Morgan fingerprint density at radius 2 is 2.15 bits per heavy atom. The van der Waals surface area contributed by atoms with Crippen molar-refractivity contribution in [3.63, 3.8) is 0 Å². The maximum atomic E-state index is 11.4. The molecule has 0 spiro atoms. The molecule has 1 heteroatoms. The highest BCUT2D eigenvalue weighted by Crippen LogP contribution is 2.51. The molecule has 0 aromatic heterocycles. The molecule has 0 aromatic carbocycles. The predicted octanol–water partition coefficient (Wildman–Crippen LogP) is 3.18. The molecule has 2 saturated carbocycles. The van der Waals surface area contributed by atoms with Crippen LogP contribution in [0.1, 0.15) is 52.4 Å². The van der Waals surface area contributed by atoms with Crippen molar-refractivity contribution in [2.75, 3.05) is 0 Å². The van der Waals surface area contributed by atoms with E-state index in [4.69, 9.17) is 0 Å². The summed E-state index contributed by atoms with van der Waals surface area (Å²) in [5.41, 5.74) is 0.506. The van der Waals surface area contributed by atoms with Gasteiger partial charge in [0.1, 0.15) is 5.78 Å². The summed E-state index contributed by atoms with van der Waals surface area (Å²) in [4.78, 5) is 11.4. The van der Waals surface area contributed by atoms with Gasteiger partial charge in [0.25, 0.3) is 0 Å². The Bertz CT molecular complexity index is 221. The molecule has 0 saturated heterocycles. The van der Waals surface area contributed by atoms with E-state index in [0.29, 0.717) is 17.1 Å². The van der Waals surface area contributed by atoms with Gasteiger partial charge >= 0.3 is 0 Å². The fraction of sp³-hybridized carbons (Fsp3) is 0.917. The third kappa shape index (κ3) is 1.53. The van der Waals surface area contributed by atoms with Crippen molar-refractivity contribution in [2.24, 2.45) is 17.3 Å². The molecule has 0 unspecified atom stereocenters. The van der Waals surface area contributed by atoms with Gasteiger partial charge in [-0.15, -0.1) is 0 Å². The quantitative estimate of drug-likeness (QED) is 0.559. The van der Waals surface area contributed by atoms with Gasteiger partial charge in [0.15, 0.2) is 0 Å². The number of hydrogen-bond acceptors (Lipinski definition) is 1. The molecule has 0 N–H and O–H groups in total. The van der Waals surface area contributed by atoms with E-state index in [9.17, 15) is 4.79 Å². The minimum absolute atomic E-state index is 0.506. The van der Waals surface area contributed by atoms with E-state index < -0.39 is 0 Å². The SMILES string of the molecule is C[C@@H]1CCC[C@]2(C)CCC(=O)C[C@@H]12. The van der Waals surface area contributed by atoms with Crippen LogP contribution in [-0.2, 0) is 4.79 Å². The van der Waals surface area contributed by atoms with Gasteiger partial charge in [-0.2, -0.15) is 0 Å². The summed E-state index contributed by atoms with van der Waals surface area (Å²) >= 11 is 0. The maximum absolute atomic E-state index is 11.4. The smallest absolute Gasteiger partial charge is 0.133 e. The third-order valence-corrected chi connectivity index (χ3v) is 4.41. The third-order valence-electron chi connectivity index (χ3n) is 4.41. The molecular weight excluding hydrogens is 160 g/mol. The second-order valence-corrected chi connectivity index (χ2v) is 5.37. The van der Waals surface area contributed by atoms with Crippen molar-refractivity contribution in [3.05, 3.63) is 0 Å². The summed E-state index contributed by atoms with van der Waals surface area (Å²) in [6, 6.07) is 0. The summed E-state index contributed by atoms with van der Waals surface area (Å²) in [7, 11) is 0. The molecule has 3 atom stereocenters. The van der Waals surface area contributed by atoms with E-state index in [1.54, 1.807) is 0 Å². The molecule has 1 nitrogen and oxygen atoms in total. The Labute approximate surface area is 80.9 Å². The van der Waals surface area contributed by atoms with Crippen LogP contribution in [-0.4, -0.2) is 5.78 Å². The fourth-order valence-electron chi connectivity index (χ4n) is 3.43. The van der Waals surface area contributed by atoms with E-state index in [-0.39, 0.29) is 0 Å². The summed E-state index contributed by atoms with van der Waals surface area (Å²) in [6.45, 7) is 4.74. The maximum Gasteiger partial charge on any atom is 0.133 e. The molecule has 2 aliphatic rings. The van der Waals surface area contributed by atoms with Crippen molar-refractivity contribution in [2.45, 2.75) is 52.4 Å². The number of carbonyl (C=O) groups excluding carboxylic acids is 1. The van der Waals surface area contributed by atoms with Crippen LogP contribution in [0.5, 0.6) is 0 Å². The number of carbonyl (C=O) groups is 1. The highest BCUT2D eigenvalue weighted by molar-refractivity contribution is 5.79. The van der Waals surface area contributed by atoms with Gasteiger partial charge in [0.05, 0.1) is 0 Å². The molecule has 2 rings (SSSR count). The van der Waals surface area contributed by atoms with Crippen LogP contribution in [0, 0.1) is 17.3 Å². The van der Waals surface area contributed by atoms with E-state index in [1.165, 1.54) is 19.3 Å². The van der Waals surface area contributed by atoms with Crippen LogP contribution in [0.3, 0.4) is 0 Å². The number of fused-ring (bicyclic) bond motifs is 1. The lowest BCUT2D eigenvalue weighted by Crippen LogP contribution is -2.41. The summed E-state index contributed by atoms with van der Waals surface area (Å²) in [5.74, 6) is 1.99. The topological polar surface area (TPSA) is 17.1 Å². The summed E-state index contributed by atoms with van der Waals surface area (Å²) in [6.07, 6.45) is 6.95. The number of hydrogen-bond donors (Lipinski definition) is 0. The average molecular weight is 180 g/mol. The molecule has 2 aliphatic carbocycles. The molecule has 0 radical (unpaired) electrons. The van der Waals surface area contributed by atoms with Gasteiger partial charge in [-0.3, -0.25) is 4.79 Å². The Kier molecular flexibility index (Phi) is 2.21. The lowest BCUT2D eigenvalue weighted by atomic mass is 9.57. The lowest BCUT2D eigenvalue weighted by molar-refractivity contribution is -0.127. The van der Waals surface area contributed by atoms with Gasteiger partial charge in [-0.25, -0.2) is 0 Å². The first-order valence-electron chi connectivity index (χ1n) is 5.63. The average Bonchev–Trinajstić information content (AvgIpc) is 2.08. The van der Waals surface area contributed by atoms with E-state index in [2.05, 4.69) is 13.8 Å². The van der Waals surface area contributed by atoms with Gasteiger partial charge < -0.3 is 0 Å². The first-order chi connectivity index (χ1) is 6.12. The monoisotopic (exact) mass is 180 g/mol. The van der Waals surface area contributed by atoms with Crippen LogP contribution in [0.15, 0.2) is 0 Å². The van der Waals surface area contributed by atoms with Crippen LogP contribution in [0.4, 0.5) is 0 Å². The normalized spacial score (nSPS) is 45.8. The Morgan fingerprint density at radius 1 is 1.38 bits per heavy atom. The van der Waals surface area contributed by atoms with Crippen molar-refractivity contribution in [1.29, 1.82) is 0 Å². The first kappa shape index (κ1) is 9.23. The molecule has 0 bridgehead atoms. The van der Waals surface area contributed by atoms with Gasteiger partial charge in [0.2, 0.25) is 0 Å². The van der Waals surface area contributed by atoms with Crippen LogP contribution < -0.4 is 0 Å². The van der Waals surface area contributed by atoms with Crippen molar-refractivity contribution < 1.29 is 4.79 Å². The molecule has 0 aliphatic heterocycles. The number of Topliss-reactive ketones (excluding diaryl/α,β-unsaturated/α-hetero) is 1. The zero-order valence-electron chi connectivity index (χ0n) is 8.81. The summed E-state index contributed by atoms with van der Waals surface area (Å²) in [5, 5.41) is 0. The van der Waals surface area contributed by atoms with Gasteiger partial charge in [0, 0.05) is 12.8 Å². The Hall–Kier alpha value is -0.330. The zero-order chi connectivity index (χ0) is 9.47. The molecule has 0 aromatic rings. The second kappa shape index (κ2) is 3.11.